The van der Waals surface area contributed by atoms with E-state index >= 15 is 0 Å². The second-order valence-corrected chi connectivity index (χ2v) is 6.26. The Morgan fingerprint density at radius 2 is 1.96 bits per heavy atom. The number of aromatic nitrogens is 1. The number of methoxy groups -OCH3 is 2. The summed E-state index contributed by atoms with van der Waals surface area (Å²) in [6.07, 6.45) is 1.62. The molecule has 0 saturated carbocycles. The molecule has 0 spiro atoms. The van der Waals surface area contributed by atoms with E-state index in [-0.39, 0.29) is 5.76 Å². The first-order valence-electron chi connectivity index (χ1n) is 8.67. The maximum atomic E-state index is 12.4. The van der Waals surface area contributed by atoms with Gasteiger partial charge in [0.1, 0.15) is 17.1 Å². The van der Waals surface area contributed by atoms with Gasteiger partial charge in [0, 0.05) is 40.4 Å². The molecule has 0 unspecified atom stereocenters. The number of benzene rings is 2. The Kier molecular flexibility index (Phi) is 4.49. The number of hydrazone groups is 1. The molecule has 2 aromatic carbocycles. The standard InChI is InChI=1S/C21H19N3O4/c1-12-16(14-6-4-5-7-17(14)23-12)11-22-24-21(25)20-10-15-18(27-3)8-13(26-2)9-19(15)28-20/h4-11,23H,1-3H3,(H,24,25). The summed E-state index contributed by atoms with van der Waals surface area (Å²) in [6, 6.07) is 13.0. The van der Waals surface area contributed by atoms with Crippen LogP contribution in [-0.4, -0.2) is 31.3 Å². The first-order valence-corrected chi connectivity index (χ1v) is 8.67. The van der Waals surface area contributed by atoms with Crippen LogP contribution in [-0.2, 0) is 0 Å². The molecule has 0 fully saturated rings. The maximum absolute atomic E-state index is 12.4. The van der Waals surface area contributed by atoms with Gasteiger partial charge in [0.15, 0.2) is 5.76 Å². The summed E-state index contributed by atoms with van der Waals surface area (Å²) in [6.45, 7) is 1.96. The van der Waals surface area contributed by atoms with Crippen molar-refractivity contribution >= 4 is 34.0 Å². The normalized spacial score (nSPS) is 11.4. The molecular weight excluding hydrogens is 358 g/mol. The lowest BCUT2D eigenvalue weighted by Gasteiger charge is -2.04. The topological polar surface area (TPSA) is 88.9 Å². The number of nitrogens with one attached hydrogen (secondary N) is 2. The Morgan fingerprint density at radius 1 is 1.14 bits per heavy atom. The smallest absolute Gasteiger partial charge is 0.307 e. The van der Waals surface area contributed by atoms with E-state index in [4.69, 9.17) is 13.9 Å². The lowest BCUT2D eigenvalue weighted by molar-refractivity contribution is 0.0929. The molecule has 142 valence electrons. The van der Waals surface area contributed by atoms with Crippen molar-refractivity contribution in [1.82, 2.24) is 10.4 Å². The molecule has 2 N–H and O–H groups in total. The van der Waals surface area contributed by atoms with E-state index in [9.17, 15) is 4.79 Å². The third-order valence-corrected chi connectivity index (χ3v) is 4.56. The van der Waals surface area contributed by atoms with Gasteiger partial charge in [-0.15, -0.1) is 0 Å². The summed E-state index contributed by atoms with van der Waals surface area (Å²) in [5.41, 5.74) is 5.92. The molecule has 0 aliphatic rings. The molecule has 1 amide bonds. The van der Waals surface area contributed by atoms with Crippen LogP contribution < -0.4 is 14.9 Å². The Hall–Kier alpha value is -3.74. The maximum Gasteiger partial charge on any atom is 0.307 e. The van der Waals surface area contributed by atoms with E-state index in [0.717, 1.165) is 22.2 Å². The average molecular weight is 377 g/mol. The molecule has 0 aliphatic heterocycles. The van der Waals surface area contributed by atoms with Crippen LogP contribution >= 0.6 is 0 Å². The molecule has 0 aliphatic carbocycles. The predicted molar refractivity (Wildman–Crippen MR) is 107 cm³/mol. The Balaban J connectivity index is 1.58. The average Bonchev–Trinajstić information content (AvgIpc) is 3.28. The number of hydrogen-bond donors (Lipinski definition) is 2. The van der Waals surface area contributed by atoms with Crippen LogP contribution in [0.25, 0.3) is 21.9 Å². The Morgan fingerprint density at radius 3 is 2.75 bits per heavy atom. The highest BCUT2D eigenvalue weighted by Crippen LogP contribution is 2.33. The van der Waals surface area contributed by atoms with Gasteiger partial charge in [-0.05, 0) is 13.0 Å². The van der Waals surface area contributed by atoms with E-state index in [2.05, 4.69) is 15.5 Å². The number of para-hydroxylation sites is 1. The van der Waals surface area contributed by atoms with Crippen molar-refractivity contribution in [2.75, 3.05) is 14.2 Å². The van der Waals surface area contributed by atoms with Gasteiger partial charge in [-0.25, -0.2) is 5.43 Å². The summed E-state index contributed by atoms with van der Waals surface area (Å²) in [5.74, 6) is 0.828. The lowest BCUT2D eigenvalue weighted by Crippen LogP contribution is -2.16. The van der Waals surface area contributed by atoms with Crippen LogP contribution in [0.5, 0.6) is 11.5 Å². The zero-order valence-electron chi connectivity index (χ0n) is 15.7. The number of aromatic amines is 1. The highest BCUT2D eigenvalue weighted by atomic mass is 16.5. The van der Waals surface area contributed by atoms with E-state index in [1.54, 1.807) is 38.6 Å². The number of nitrogens with zero attached hydrogens (tertiary/aromatic N) is 1. The van der Waals surface area contributed by atoms with Crippen LogP contribution in [0.1, 0.15) is 21.8 Å². The molecule has 2 aromatic heterocycles. The largest absolute Gasteiger partial charge is 0.496 e. The number of aryl methyl sites for hydroxylation is 1. The van der Waals surface area contributed by atoms with E-state index in [1.807, 2.05) is 31.2 Å². The monoisotopic (exact) mass is 377 g/mol. The van der Waals surface area contributed by atoms with Gasteiger partial charge in [-0.2, -0.15) is 5.10 Å². The number of carbonyl (C=O) groups is 1. The number of ether oxygens (including phenoxy) is 2. The molecule has 28 heavy (non-hydrogen) atoms. The lowest BCUT2D eigenvalue weighted by atomic mass is 10.1. The number of H-pyrrole nitrogens is 1. The van der Waals surface area contributed by atoms with Crippen molar-refractivity contribution in [3.63, 3.8) is 0 Å². The van der Waals surface area contributed by atoms with E-state index in [0.29, 0.717) is 22.5 Å². The van der Waals surface area contributed by atoms with Gasteiger partial charge < -0.3 is 18.9 Å². The first kappa shape index (κ1) is 17.7. The van der Waals surface area contributed by atoms with Gasteiger partial charge >= 0.3 is 5.91 Å². The van der Waals surface area contributed by atoms with Crippen molar-refractivity contribution in [2.24, 2.45) is 5.10 Å². The fraction of sp³-hybridized carbons (Fsp3) is 0.143. The second-order valence-electron chi connectivity index (χ2n) is 6.26. The highest BCUT2D eigenvalue weighted by molar-refractivity contribution is 6.02. The Labute approximate surface area is 160 Å². The molecule has 7 nitrogen and oxygen atoms in total. The van der Waals surface area contributed by atoms with Crippen molar-refractivity contribution in [3.8, 4) is 11.5 Å². The van der Waals surface area contributed by atoms with Crippen molar-refractivity contribution in [3.05, 3.63) is 59.5 Å². The Bertz CT molecular complexity index is 1200. The third-order valence-electron chi connectivity index (χ3n) is 4.56. The number of fused-ring (bicyclic) bond motifs is 2. The first-order chi connectivity index (χ1) is 13.6. The van der Waals surface area contributed by atoms with Crippen LogP contribution in [0.4, 0.5) is 0 Å². The molecule has 0 radical (unpaired) electrons. The second kappa shape index (κ2) is 7.11. The highest BCUT2D eigenvalue weighted by Gasteiger charge is 2.16. The van der Waals surface area contributed by atoms with Crippen LogP contribution in [0.15, 0.2) is 52.0 Å². The fourth-order valence-electron chi connectivity index (χ4n) is 3.16. The van der Waals surface area contributed by atoms with E-state index in [1.165, 1.54) is 0 Å². The number of hydrogen-bond acceptors (Lipinski definition) is 5. The van der Waals surface area contributed by atoms with Crippen molar-refractivity contribution in [1.29, 1.82) is 0 Å². The summed E-state index contributed by atoms with van der Waals surface area (Å²) in [7, 11) is 3.10. The van der Waals surface area contributed by atoms with Crippen LogP contribution in [0.3, 0.4) is 0 Å². The quantitative estimate of drug-likeness (QED) is 0.406. The van der Waals surface area contributed by atoms with E-state index < -0.39 is 5.91 Å². The van der Waals surface area contributed by atoms with Gasteiger partial charge in [0.25, 0.3) is 0 Å². The molecule has 0 saturated heterocycles. The SMILES string of the molecule is COc1cc(OC)c2cc(C(=O)NN=Cc3c(C)[nH]c4ccccc34)oc2c1. The van der Waals surface area contributed by atoms with Crippen LogP contribution in [0.2, 0.25) is 0 Å². The summed E-state index contributed by atoms with van der Waals surface area (Å²) in [5, 5.41) is 5.81. The number of furan rings is 1. The zero-order valence-corrected chi connectivity index (χ0v) is 15.7. The van der Waals surface area contributed by atoms with Crippen LogP contribution in [0, 0.1) is 6.92 Å². The molecule has 7 heteroatoms. The van der Waals surface area contributed by atoms with Gasteiger partial charge in [0.05, 0.1) is 25.8 Å². The van der Waals surface area contributed by atoms with Gasteiger partial charge in [-0.1, -0.05) is 18.2 Å². The molecule has 0 bridgehead atoms. The molecule has 4 aromatic rings. The minimum atomic E-state index is -0.453. The summed E-state index contributed by atoms with van der Waals surface area (Å²) in [4.78, 5) is 15.7. The summed E-state index contributed by atoms with van der Waals surface area (Å²) < 4.78 is 16.2. The summed E-state index contributed by atoms with van der Waals surface area (Å²) >= 11 is 0. The number of carbonyl (C=O) groups excluding carboxylic acids is 1. The zero-order chi connectivity index (χ0) is 19.7. The molecule has 0 atom stereocenters. The number of rotatable bonds is 5. The minimum absolute atomic E-state index is 0.134. The third kappa shape index (κ3) is 3.07. The molecule has 2 heterocycles. The predicted octanol–water partition coefficient (Wildman–Crippen LogP) is 4.00. The molecular formula is C21H19N3O4. The van der Waals surface area contributed by atoms with Gasteiger partial charge in [0.2, 0.25) is 0 Å². The van der Waals surface area contributed by atoms with Crippen molar-refractivity contribution < 1.29 is 18.7 Å². The minimum Gasteiger partial charge on any atom is -0.496 e. The molecule has 4 rings (SSSR count). The number of amides is 1. The van der Waals surface area contributed by atoms with Gasteiger partial charge in [-0.3, -0.25) is 4.79 Å². The van der Waals surface area contributed by atoms with Crippen molar-refractivity contribution in [2.45, 2.75) is 6.92 Å². The fourth-order valence-corrected chi connectivity index (χ4v) is 3.16.